The van der Waals surface area contributed by atoms with E-state index in [4.69, 9.17) is 4.74 Å². The lowest BCUT2D eigenvalue weighted by molar-refractivity contribution is 0.252. The third-order valence-corrected chi connectivity index (χ3v) is 4.19. The minimum Gasteiger partial charge on any atom is -0.455 e. The molecule has 1 heterocycles. The van der Waals surface area contributed by atoms with Crippen LogP contribution in [0.2, 0.25) is 0 Å². The van der Waals surface area contributed by atoms with E-state index in [1.54, 1.807) is 6.07 Å². The van der Waals surface area contributed by atoms with E-state index in [1.165, 1.54) is 0 Å². The second-order valence-electron chi connectivity index (χ2n) is 6.24. The van der Waals surface area contributed by atoms with Gasteiger partial charge in [-0.05, 0) is 36.4 Å². The third kappa shape index (κ3) is 4.29. The van der Waals surface area contributed by atoms with Crippen LogP contribution in [0.1, 0.15) is 5.82 Å². The van der Waals surface area contributed by atoms with Gasteiger partial charge in [0.2, 0.25) is 0 Å². The summed E-state index contributed by atoms with van der Waals surface area (Å²) in [6.45, 7) is 0.466. The minimum absolute atomic E-state index is 0.291. The molecule has 0 aliphatic heterocycles. The van der Waals surface area contributed by atoms with E-state index in [-0.39, 0.29) is 6.03 Å². The molecule has 28 heavy (non-hydrogen) atoms. The monoisotopic (exact) mass is 372 g/mol. The molecule has 1 aromatic heterocycles. The number of para-hydroxylation sites is 5. The molecule has 0 atom stereocenters. The molecule has 0 radical (unpaired) electrons. The summed E-state index contributed by atoms with van der Waals surface area (Å²) in [7, 11) is 0. The van der Waals surface area contributed by atoms with E-state index in [1.807, 2.05) is 72.8 Å². The zero-order chi connectivity index (χ0) is 19.2. The molecule has 2 amide bonds. The minimum atomic E-state index is -0.291. The van der Waals surface area contributed by atoms with E-state index in [2.05, 4.69) is 20.6 Å². The van der Waals surface area contributed by atoms with Crippen molar-refractivity contribution in [2.45, 2.75) is 6.42 Å². The highest BCUT2D eigenvalue weighted by Gasteiger charge is 2.09. The number of nitrogens with zero attached hydrogens (tertiary/aromatic N) is 1. The van der Waals surface area contributed by atoms with Crippen molar-refractivity contribution >= 4 is 22.8 Å². The first-order chi connectivity index (χ1) is 13.8. The van der Waals surface area contributed by atoms with E-state index >= 15 is 0 Å². The molecule has 6 heteroatoms. The van der Waals surface area contributed by atoms with Gasteiger partial charge in [-0.25, -0.2) is 9.78 Å². The molecule has 4 aromatic rings. The number of hydrogen-bond donors (Lipinski definition) is 3. The summed E-state index contributed by atoms with van der Waals surface area (Å²) in [4.78, 5) is 20.0. The van der Waals surface area contributed by atoms with Gasteiger partial charge in [0.25, 0.3) is 0 Å². The molecule has 3 aromatic carbocycles. The fraction of sp³-hybridized carbons (Fsp3) is 0.0909. The van der Waals surface area contributed by atoms with Crippen LogP contribution in [0, 0.1) is 0 Å². The predicted molar refractivity (Wildman–Crippen MR) is 110 cm³/mol. The SMILES string of the molecule is O=C(NCCc1nc2ccccc2[nH]1)Nc1ccccc1Oc1ccccc1. The number of carbonyl (C=O) groups is 1. The van der Waals surface area contributed by atoms with Crippen molar-refractivity contribution in [3.8, 4) is 11.5 Å². The summed E-state index contributed by atoms with van der Waals surface area (Å²) >= 11 is 0. The van der Waals surface area contributed by atoms with E-state index in [0.29, 0.717) is 30.2 Å². The average molecular weight is 372 g/mol. The van der Waals surface area contributed by atoms with Crippen molar-refractivity contribution in [1.82, 2.24) is 15.3 Å². The van der Waals surface area contributed by atoms with Gasteiger partial charge in [0.15, 0.2) is 5.75 Å². The van der Waals surface area contributed by atoms with Crippen molar-refractivity contribution < 1.29 is 9.53 Å². The lowest BCUT2D eigenvalue weighted by atomic mass is 10.3. The van der Waals surface area contributed by atoms with Crippen LogP contribution in [0.25, 0.3) is 11.0 Å². The van der Waals surface area contributed by atoms with Gasteiger partial charge in [0.1, 0.15) is 11.6 Å². The molecular weight excluding hydrogens is 352 g/mol. The smallest absolute Gasteiger partial charge is 0.319 e. The van der Waals surface area contributed by atoms with Crippen molar-refractivity contribution in [3.63, 3.8) is 0 Å². The van der Waals surface area contributed by atoms with Crippen molar-refractivity contribution in [1.29, 1.82) is 0 Å². The fourth-order valence-corrected chi connectivity index (χ4v) is 2.86. The van der Waals surface area contributed by atoms with Gasteiger partial charge < -0.3 is 20.4 Å². The Morgan fingerprint density at radius 1 is 0.929 bits per heavy atom. The number of hydrogen-bond acceptors (Lipinski definition) is 3. The molecule has 0 saturated carbocycles. The van der Waals surface area contributed by atoms with Gasteiger partial charge in [-0.15, -0.1) is 0 Å². The Balaban J connectivity index is 1.33. The van der Waals surface area contributed by atoms with Gasteiger partial charge in [-0.3, -0.25) is 0 Å². The molecule has 0 spiro atoms. The Morgan fingerprint density at radius 2 is 1.68 bits per heavy atom. The van der Waals surface area contributed by atoms with Crippen molar-refractivity contribution in [3.05, 3.63) is 84.7 Å². The first kappa shape index (κ1) is 17.6. The summed E-state index contributed by atoms with van der Waals surface area (Å²) < 4.78 is 5.86. The number of imidazole rings is 1. The Hall–Kier alpha value is -3.80. The summed E-state index contributed by atoms with van der Waals surface area (Å²) in [5, 5.41) is 5.69. The maximum absolute atomic E-state index is 12.3. The van der Waals surface area contributed by atoms with Gasteiger partial charge >= 0.3 is 6.03 Å². The molecule has 0 aliphatic carbocycles. The highest BCUT2D eigenvalue weighted by Crippen LogP contribution is 2.28. The van der Waals surface area contributed by atoms with Crippen LogP contribution in [-0.2, 0) is 6.42 Å². The van der Waals surface area contributed by atoms with Crippen LogP contribution in [0.4, 0.5) is 10.5 Å². The van der Waals surface area contributed by atoms with Gasteiger partial charge in [0, 0.05) is 13.0 Å². The van der Waals surface area contributed by atoms with E-state index < -0.39 is 0 Å². The number of aromatic amines is 1. The van der Waals surface area contributed by atoms with Gasteiger partial charge in [0.05, 0.1) is 16.7 Å². The molecular formula is C22H20N4O2. The average Bonchev–Trinajstić information content (AvgIpc) is 3.13. The van der Waals surface area contributed by atoms with Crippen LogP contribution in [0.5, 0.6) is 11.5 Å². The van der Waals surface area contributed by atoms with Crippen LogP contribution in [0.15, 0.2) is 78.9 Å². The lowest BCUT2D eigenvalue weighted by Gasteiger charge is -2.12. The van der Waals surface area contributed by atoms with Crippen molar-refractivity contribution in [2.24, 2.45) is 0 Å². The topological polar surface area (TPSA) is 79.0 Å². The van der Waals surface area contributed by atoms with Gasteiger partial charge in [-0.2, -0.15) is 0 Å². The van der Waals surface area contributed by atoms with Crippen molar-refractivity contribution in [2.75, 3.05) is 11.9 Å². The normalized spacial score (nSPS) is 10.6. The van der Waals surface area contributed by atoms with E-state index in [9.17, 15) is 4.79 Å². The Kier molecular flexibility index (Phi) is 5.20. The Bertz CT molecular complexity index is 1040. The molecule has 0 aliphatic rings. The maximum Gasteiger partial charge on any atom is 0.319 e. The lowest BCUT2D eigenvalue weighted by Crippen LogP contribution is -2.30. The molecule has 6 nitrogen and oxygen atoms in total. The molecule has 0 fully saturated rings. The molecule has 4 rings (SSSR count). The number of fused-ring (bicyclic) bond motifs is 1. The summed E-state index contributed by atoms with van der Waals surface area (Å²) in [5.41, 5.74) is 2.52. The van der Waals surface area contributed by atoms with Crippen LogP contribution in [0.3, 0.4) is 0 Å². The molecule has 0 bridgehead atoms. The number of carbonyl (C=O) groups excluding carboxylic acids is 1. The number of urea groups is 1. The second kappa shape index (κ2) is 8.26. The predicted octanol–water partition coefficient (Wildman–Crippen LogP) is 4.72. The highest BCUT2D eigenvalue weighted by molar-refractivity contribution is 5.91. The van der Waals surface area contributed by atoms with Crippen LogP contribution in [-0.4, -0.2) is 22.5 Å². The number of nitrogens with one attached hydrogen (secondary N) is 3. The zero-order valence-corrected chi connectivity index (χ0v) is 15.2. The van der Waals surface area contributed by atoms with E-state index in [0.717, 1.165) is 16.9 Å². The van der Waals surface area contributed by atoms with Crippen LogP contribution >= 0.6 is 0 Å². The standard InChI is InChI=1S/C22H20N4O2/c27-22(23-15-14-21-24-17-10-4-5-11-18(17)25-21)26-19-12-6-7-13-20(19)28-16-8-2-1-3-9-16/h1-13H,14-15H2,(H,24,25)(H2,23,26,27). The number of amides is 2. The fourth-order valence-electron chi connectivity index (χ4n) is 2.86. The first-order valence-electron chi connectivity index (χ1n) is 9.08. The number of aromatic nitrogens is 2. The summed E-state index contributed by atoms with van der Waals surface area (Å²) in [6, 6.07) is 24.3. The Labute approximate surface area is 162 Å². The second-order valence-corrected chi connectivity index (χ2v) is 6.24. The number of rotatable bonds is 6. The molecule has 0 unspecified atom stereocenters. The maximum atomic E-state index is 12.3. The molecule has 3 N–H and O–H groups in total. The number of benzene rings is 3. The number of H-pyrrole nitrogens is 1. The zero-order valence-electron chi connectivity index (χ0n) is 15.2. The number of ether oxygens (including phenoxy) is 1. The number of anilines is 1. The van der Waals surface area contributed by atoms with Gasteiger partial charge in [-0.1, -0.05) is 42.5 Å². The molecule has 140 valence electrons. The first-order valence-corrected chi connectivity index (χ1v) is 9.08. The summed E-state index contributed by atoms with van der Waals surface area (Å²) in [6.07, 6.45) is 0.615. The third-order valence-electron chi connectivity index (χ3n) is 4.19. The quantitative estimate of drug-likeness (QED) is 0.458. The van der Waals surface area contributed by atoms with Crippen LogP contribution < -0.4 is 15.4 Å². The highest BCUT2D eigenvalue weighted by atomic mass is 16.5. The largest absolute Gasteiger partial charge is 0.455 e. The Morgan fingerprint density at radius 3 is 2.54 bits per heavy atom. The summed E-state index contributed by atoms with van der Waals surface area (Å²) in [5.74, 6) is 2.14. The molecule has 0 saturated heterocycles.